The number of ether oxygens (including phenoxy) is 1. The van der Waals surface area contributed by atoms with E-state index in [0.29, 0.717) is 17.6 Å². The summed E-state index contributed by atoms with van der Waals surface area (Å²) in [4.78, 5) is 4.44. The molecule has 0 fully saturated rings. The molecule has 0 radical (unpaired) electrons. The van der Waals surface area contributed by atoms with E-state index < -0.39 is 0 Å². The highest BCUT2D eigenvalue weighted by Crippen LogP contribution is 2.27. The number of nitrogens with zero attached hydrogens (tertiary/aromatic N) is 2. The first-order chi connectivity index (χ1) is 8.63. The number of hydrogen-bond donors (Lipinski definition) is 2. The highest BCUT2D eigenvalue weighted by Gasteiger charge is 2.17. The van der Waals surface area contributed by atoms with Crippen molar-refractivity contribution in [2.45, 2.75) is 19.9 Å². The second-order valence-corrected chi connectivity index (χ2v) is 4.51. The second kappa shape index (κ2) is 5.18. The first-order valence-electron chi connectivity index (χ1n) is 5.94. The molecule has 1 atom stereocenters. The normalized spacial score (nSPS) is 12.7. The lowest BCUT2D eigenvalue weighted by molar-refractivity contribution is 0.416. The number of nitrogens with one attached hydrogen (secondary N) is 1. The van der Waals surface area contributed by atoms with Gasteiger partial charge >= 0.3 is 0 Å². The van der Waals surface area contributed by atoms with E-state index in [-0.39, 0.29) is 6.04 Å². The van der Waals surface area contributed by atoms with Gasteiger partial charge in [0.1, 0.15) is 11.6 Å². The van der Waals surface area contributed by atoms with Crippen LogP contribution in [0.3, 0.4) is 0 Å². The Bertz CT molecular complexity index is 521. The second-order valence-electron chi connectivity index (χ2n) is 4.51. The van der Waals surface area contributed by atoms with Crippen LogP contribution < -0.4 is 10.5 Å². The Morgan fingerprint density at radius 2 is 2.00 bits per heavy atom. The molecule has 3 N–H and O–H groups in total. The van der Waals surface area contributed by atoms with Gasteiger partial charge in [-0.2, -0.15) is 5.10 Å². The van der Waals surface area contributed by atoms with Crippen LogP contribution in [0.25, 0.3) is 11.4 Å². The zero-order valence-electron chi connectivity index (χ0n) is 10.8. The van der Waals surface area contributed by atoms with Crippen LogP contribution in [0.1, 0.15) is 25.7 Å². The SMILES string of the molecule is COc1ccccc1-c1n[nH]c([C@@H](N)C(C)C)n1. The Hall–Kier alpha value is -1.88. The molecule has 1 heterocycles. The largest absolute Gasteiger partial charge is 0.496 e. The quantitative estimate of drug-likeness (QED) is 0.866. The lowest BCUT2D eigenvalue weighted by atomic mass is 10.1. The topological polar surface area (TPSA) is 76.8 Å². The zero-order chi connectivity index (χ0) is 13.1. The standard InChI is InChI=1S/C13H18N4O/c1-8(2)11(14)13-15-12(16-17-13)9-6-4-5-7-10(9)18-3/h4-8,11H,14H2,1-3H3,(H,15,16,17)/t11-/m0/s1. The van der Waals surface area contributed by atoms with Crippen LogP contribution in [0.15, 0.2) is 24.3 Å². The summed E-state index contributed by atoms with van der Waals surface area (Å²) in [5.74, 6) is 2.37. The van der Waals surface area contributed by atoms with E-state index in [1.54, 1.807) is 7.11 Å². The fourth-order valence-corrected chi connectivity index (χ4v) is 1.69. The lowest BCUT2D eigenvalue weighted by Crippen LogP contribution is -2.18. The van der Waals surface area contributed by atoms with E-state index in [1.165, 1.54) is 0 Å². The number of methoxy groups -OCH3 is 1. The molecular formula is C13H18N4O. The van der Waals surface area contributed by atoms with Gasteiger partial charge in [-0.25, -0.2) is 4.98 Å². The molecule has 2 rings (SSSR count). The molecule has 1 aromatic heterocycles. The average molecular weight is 246 g/mol. The van der Waals surface area contributed by atoms with E-state index in [4.69, 9.17) is 10.5 Å². The number of aromatic amines is 1. The molecule has 18 heavy (non-hydrogen) atoms. The minimum atomic E-state index is -0.138. The van der Waals surface area contributed by atoms with Crippen molar-refractivity contribution in [1.82, 2.24) is 15.2 Å². The van der Waals surface area contributed by atoms with Crippen LogP contribution in [-0.2, 0) is 0 Å². The van der Waals surface area contributed by atoms with Crippen LogP contribution in [0, 0.1) is 5.92 Å². The highest BCUT2D eigenvalue weighted by atomic mass is 16.5. The zero-order valence-corrected chi connectivity index (χ0v) is 10.8. The van der Waals surface area contributed by atoms with Crippen molar-refractivity contribution in [1.29, 1.82) is 0 Å². The van der Waals surface area contributed by atoms with Crippen molar-refractivity contribution < 1.29 is 4.74 Å². The molecule has 0 saturated carbocycles. The van der Waals surface area contributed by atoms with Gasteiger partial charge in [-0.05, 0) is 18.1 Å². The molecule has 1 aromatic carbocycles. The summed E-state index contributed by atoms with van der Waals surface area (Å²) in [5, 5.41) is 7.10. The molecule has 0 amide bonds. The predicted molar refractivity (Wildman–Crippen MR) is 70.1 cm³/mol. The smallest absolute Gasteiger partial charge is 0.184 e. The van der Waals surface area contributed by atoms with Crippen LogP contribution in [0.4, 0.5) is 0 Å². The van der Waals surface area contributed by atoms with Gasteiger partial charge in [0.25, 0.3) is 0 Å². The predicted octanol–water partition coefficient (Wildman–Crippen LogP) is 2.14. The Kier molecular flexibility index (Phi) is 3.62. The number of benzene rings is 1. The summed E-state index contributed by atoms with van der Waals surface area (Å²) in [6.07, 6.45) is 0. The van der Waals surface area contributed by atoms with Gasteiger partial charge in [0, 0.05) is 0 Å². The molecule has 5 nitrogen and oxygen atoms in total. The summed E-state index contributed by atoms with van der Waals surface area (Å²) in [7, 11) is 1.63. The van der Waals surface area contributed by atoms with E-state index >= 15 is 0 Å². The molecule has 0 spiro atoms. The monoisotopic (exact) mass is 246 g/mol. The average Bonchev–Trinajstić information content (AvgIpc) is 2.87. The first-order valence-corrected chi connectivity index (χ1v) is 5.94. The first kappa shape index (κ1) is 12.6. The van der Waals surface area contributed by atoms with Gasteiger partial charge < -0.3 is 10.5 Å². The van der Waals surface area contributed by atoms with Gasteiger partial charge in [0.15, 0.2) is 5.82 Å². The summed E-state index contributed by atoms with van der Waals surface area (Å²) in [5.41, 5.74) is 6.89. The molecule has 0 aliphatic rings. The molecule has 0 bridgehead atoms. The third-order valence-corrected chi connectivity index (χ3v) is 2.88. The number of hydrogen-bond acceptors (Lipinski definition) is 4. The Balaban J connectivity index is 2.35. The fraction of sp³-hybridized carbons (Fsp3) is 0.385. The Morgan fingerprint density at radius 1 is 1.28 bits per heavy atom. The van der Waals surface area contributed by atoms with E-state index in [2.05, 4.69) is 29.0 Å². The van der Waals surface area contributed by atoms with Crippen molar-refractivity contribution in [3.63, 3.8) is 0 Å². The molecule has 0 aliphatic heterocycles. The van der Waals surface area contributed by atoms with Crippen molar-refractivity contribution in [2.75, 3.05) is 7.11 Å². The van der Waals surface area contributed by atoms with E-state index in [0.717, 1.165) is 11.3 Å². The summed E-state index contributed by atoms with van der Waals surface area (Å²) in [6, 6.07) is 7.51. The van der Waals surface area contributed by atoms with Gasteiger partial charge in [-0.15, -0.1) is 0 Å². The third kappa shape index (κ3) is 2.36. The maximum absolute atomic E-state index is 6.03. The van der Waals surface area contributed by atoms with Crippen molar-refractivity contribution in [3.8, 4) is 17.1 Å². The van der Waals surface area contributed by atoms with Crippen LogP contribution in [0.2, 0.25) is 0 Å². The summed E-state index contributed by atoms with van der Waals surface area (Å²) >= 11 is 0. The van der Waals surface area contributed by atoms with Gasteiger partial charge in [0.2, 0.25) is 0 Å². The summed E-state index contributed by atoms with van der Waals surface area (Å²) in [6.45, 7) is 4.10. The van der Waals surface area contributed by atoms with E-state index in [1.807, 2.05) is 24.3 Å². The molecule has 5 heteroatoms. The maximum Gasteiger partial charge on any atom is 0.184 e. The van der Waals surface area contributed by atoms with Gasteiger partial charge in [0.05, 0.1) is 18.7 Å². The fourth-order valence-electron chi connectivity index (χ4n) is 1.69. The lowest BCUT2D eigenvalue weighted by Gasteiger charge is -2.11. The maximum atomic E-state index is 6.03. The van der Waals surface area contributed by atoms with Crippen LogP contribution in [-0.4, -0.2) is 22.3 Å². The highest BCUT2D eigenvalue weighted by molar-refractivity contribution is 5.63. The Labute approximate surface area is 106 Å². The minimum Gasteiger partial charge on any atom is -0.496 e. The van der Waals surface area contributed by atoms with Crippen LogP contribution >= 0.6 is 0 Å². The van der Waals surface area contributed by atoms with Crippen molar-refractivity contribution in [3.05, 3.63) is 30.1 Å². The number of para-hydroxylation sites is 1. The molecule has 2 aromatic rings. The third-order valence-electron chi connectivity index (χ3n) is 2.88. The number of nitrogens with two attached hydrogens (primary N) is 1. The molecule has 0 saturated heterocycles. The molecule has 0 unspecified atom stereocenters. The number of H-pyrrole nitrogens is 1. The van der Waals surface area contributed by atoms with Crippen molar-refractivity contribution >= 4 is 0 Å². The molecule has 0 aliphatic carbocycles. The molecular weight excluding hydrogens is 228 g/mol. The van der Waals surface area contributed by atoms with Crippen LogP contribution in [0.5, 0.6) is 5.75 Å². The van der Waals surface area contributed by atoms with E-state index in [9.17, 15) is 0 Å². The number of aromatic nitrogens is 3. The minimum absolute atomic E-state index is 0.138. The Morgan fingerprint density at radius 3 is 2.67 bits per heavy atom. The van der Waals surface area contributed by atoms with Gasteiger partial charge in [-0.3, -0.25) is 5.10 Å². The van der Waals surface area contributed by atoms with Gasteiger partial charge in [-0.1, -0.05) is 26.0 Å². The molecule has 96 valence electrons. The van der Waals surface area contributed by atoms with Crippen molar-refractivity contribution in [2.24, 2.45) is 11.7 Å². The number of rotatable bonds is 4. The summed E-state index contributed by atoms with van der Waals surface area (Å²) < 4.78 is 5.29.